The van der Waals surface area contributed by atoms with Crippen LogP contribution in [0.2, 0.25) is 0 Å². The molecule has 2 atom stereocenters. The van der Waals surface area contributed by atoms with E-state index in [-0.39, 0.29) is 5.41 Å². The number of likely N-dealkylation sites (tertiary alicyclic amines) is 1. The lowest BCUT2D eigenvalue weighted by Gasteiger charge is -2.32. The van der Waals surface area contributed by atoms with Crippen molar-refractivity contribution in [2.75, 3.05) is 32.6 Å². The van der Waals surface area contributed by atoms with E-state index in [2.05, 4.69) is 86.2 Å². The van der Waals surface area contributed by atoms with Gasteiger partial charge in [-0.05, 0) is 37.2 Å². The highest BCUT2D eigenvalue weighted by molar-refractivity contribution is 15.0. The van der Waals surface area contributed by atoms with E-state index in [1.54, 1.807) is 7.11 Å². The van der Waals surface area contributed by atoms with Crippen LogP contribution in [0, 0.1) is 0 Å². The predicted molar refractivity (Wildman–Crippen MR) is 97.8 cm³/mol. The van der Waals surface area contributed by atoms with Gasteiger partial charge in [0.1, 0.15) is 5.75 Å². The van der Waals surface area contributed by atoms with Crippen molar-refractivity contribution in [2.24, 2.45) is 0 Å². The highest BCUT2D eigenvalue weighted by Crippen LogP contribution is 2.51. The summed E-state index contributed by atoms with van der Waals surface area (Å²) in [6.07, 6.45) is 1.71. The molecule has 1 unspecified atom stereocenters. The molecule has 0 amide bonds. The first-order valence-corrected chi connectivity index (χ1v) is 12.6. The lowest BCUT2D eigenvalue weighted by atomic mass is 9.81. The maximum atomic E-state index is 5.36. The van der Waals surface area contributed by atoms with Gasteiger partial charge in [-0.15, -0.1) is 0 Å². The van der Waals surface area contributed by atoms with Gasteiger partial charge in [-0.2, -0.15) is 0 Å². The Morgan fingerprint density at radius 2 is 2.00 bits per heavy atom. The second-order valence-corrected chi connectivity index (χ2v) is 5.52. The molecule has 106 valence electrons. The van der Waals surface area contributed by atoms with Crippen LogP contribution in [-0.2, 0) is 5.41 Å². The van der Waals surface area contributed by atoms with Gasteiger partial charge in [-0.1, -0.05) is 6.92 Å². The largest absolute Gasteiger partial charge is 0.497 e. The average Bonchev–Trinajstić information content (AvgIpc) is 2.87. The van der Waals surface area contributed by atoms with Gasteiger partial charge < -0.3 is 9.64 Å². The third-order valence-corrected chi connectivity index (χ3v) is 4.54. The first kappa shape index (κ1) is 15.6. The van der Waals surface area contributed by atoms with Gasteiger partial charge in [-0.25, -0.2) is 0 Å². The molecule has 1 aromatic rings. The molecule has 0 N–H and O–H groups in total. The number of fused-ring (bicyclic) bond motifs is 3. The van der Waals surface area contributed by atoms with Gasteiger partial charge in [0.05, 0.1) is 13.3 Å². The Hall–Kier alpha value is 0.240. The molecule has 0 aromatic heterocycles. The lowest BCUT2D eigenvalue weighted by molar-refractivity contribution is 0.268. The van der Waals surface area contributed by atoms with E-state index < -0.39 is 0 Å². The van der Waals surface area contributed by atoms with Crippen molar-refractivity contribution >= 4 is 42.9 Å². The Kier molecular flexibility index (Phi) is 4.88. The van der Waals surface area contributed by atoms with Gasteiger partial charge >= 0.3 is 0 Å². The van der Waals surface area contributed by atoms with E-state index in [4.69, 9.17) is 4.74 Å². The Bertz CT molecular complexity index is 469. The molecule has 1 saturated heterocycles. The minimum absolute atomic E-state index is 0.243. The summed E-state index contributed by atoms with van der Waals surface area (Å²) in [6.45, 7) is 3.55. The van der Waals surface area contributed by atoms with Crippen LogP contribution < -0.4 is 9.64 Å². The fourth-order valence-corrected chi connectivity index (χ4v) is 3.68. The van der Waals surface area contributed by atoms with E-state index in [1.165, 1.54) is 24.2 Å². The fraction of sp³-hybridized carbons (Fsp3) is 0.571. The summed E-state index contributed by atoms with van der Waals surface area (Å²) in [5.74, 6) is 0.966. The third kappa shape index (κ3) is 2.35. The summed E-state index contributed by atoms with van der Waals surface area (Å²) in [7, 11) is 6.15. The zero-order valence-corrected chi connectivity index (χ0v) is 16.1. The smallest absolute Gasteiger partial charge is 0.119 e. The molecule has 19 heavy (non-hydrogen) atoms. The maximum Gasteiger partial charge on any atom is 0.119 e. The summed E-state index contributed by atoms with van der Waals surface area (Å²) in [4.78, 5) is 4.86. The Labute approximate surface area is 139 Å². The number of rotatable bonds is 1. The quantitative estimate of drug-likeness (QED) is 0.562. The number of likely N-dealkylation sites (N-methyl/N-ethyl adjacent to an activating group) is 2. The average molecular weight is 486 g/mol. The summed E-state index contributed by atoms with van der Waals surface area (Å²) >= 11 is 4.24. The van der Waals surface area contributed by atoms with Crippen molar-refractivity contribution in [1.29, 1.82) is 0 Å². The number of halogens is 2. The normalized spacial score (nSPS) is 28.5. The molecule has 2 heterocycles. The molecule has 2 aliphatic heterocycles. The van der Waals surface area contributed by atoms with Gasteiger partial charge in [0, 0.05) is 61.9 Å². The molecule has 3 rings (SSSR count). The molecule has 0 spiro atoms. The molecule has 0 aliphatic carbocycles. The molecule has 1 fully saturated rings. The van der Waals surface area contributed by atoms with Crippen molar-refractivity contribution in [2.45, 2.75) is 24.9 Å². The summed E-state index contributed by atoms with van der Waals surface area (Å²) in [5, 5.41) is 0. The number of benzene rings is 1. The van der Waals surface area contributed by atoms with Gasteiger partial charge in [0.25, 0.3) is 0 Å². The van der Waals surface area contributed by atoms with Crippen molar-refractivity contribution < 1.29 is 4.74 Å². The van der Waals surface area contributed by atoms with E-state index in [0.29, 0.717) is 6.17 Å². The Morgan fingerprint density at radius 1 is 1.32 bits per heavy atom. The molecule has 0 saturated carbocycles. The van der Waals surface area contributed by atoms with Crippen LogP contribution in [0.25, 0.3) is 0 Å². The highest BCUT2D eigenvalue weighted by atomic mass is 128. The molecular formula is C14H20I2N2O. The Balaban J connectivity index is 0.000000637. The standard InChI is InChI=1S/C14H20N2O.I2/c1-14-7-8-15(2)13(14)16(3)12-6-5-10(17-4)9-11(12)14;1-2/h5-6,9,13H,7-8H2,1-4H3;/t13?,14-;/m0./s1. The number of anilines is 1. The van der Waals surface area contributed by atoms with Crippen LogP contribution in [0.4, 0.5) is 5.69 Å². The van der Waals surface area contributed by atoms with Crippen LogP contribution >= 0.6 is 37.2 Å². The molecular weight excluding hydrogens is 466 g/mol. The third-order valence-electron chi connectivity index (χ3n) is 4.54. The van der Waals surface area contributed by atoms with E-state index in [0.717, 1.165) is 5.75 Å². The number of methoxy groups -OCH3 is 1. The second-order valence-electron chi connectivity index (χ2n) is 5.52. The maximum absolute atomic E-state index is 5.36. The van der Waals surface area contributed by atoms with Crippen molar-refractivity contribution in [3.8, 4) is 5.75 Å². The predicted octanol–water partition coefficient (Wildman–Crippen LogP) is 3.84. The second kappa shape index (κ2) is 5.93. The molecule has 0 bridgehead atoms. The topological polar surface area (TPSA) is 15.7 Å². The zero-order valence-electron chi connectivity index (χ0n) is 11.8. The number of hydrogen-bond donors (Lipinski definition) is 0. The first-order valence-electron chi connectivity index (χ1n) is 6.34. The molecule has 0 radical (unpaired) electrons. The summed E-state index contributed by atoms with van der Waals surface area (Å²) in [6, 6.07) is 6.45. The summed E-state index contributed by atoms with van der Waals surface area (Å²) in [5.41, 5.74) is 3.03. The zero-order chi connectivity index (χ0) is 14.2. The van der Waals surface area contributed by atoms with E-state index >= 15 is 0 Å². The van der Waals surface area contributed by atoms with Crippen LogP contribution in [0.5, 0.6) is 5.75 Å². The van der Waals surface area contributed by atoms with Crippen LogP contribution in [0.3, 0.4) is 0 Å². The van der Waals surface area contributed by atoms with E-state index in [9.17, 15) is 0 Å². The highest BCUT2D eigenvalue weighted by Gasteiger charge is 2.52. The molecule has 1 aromatic carbocycles. The monoisotopic (exact) mass is 486 g/mol. The molecule has 2 aliphatic rings. The van der Waals surface area contributed by atoms with E-state index in [1.807, 2.05) is 0 Å². The van der Waals surface area contributed by atoms with Gasteiger partial charge in [0.2, 0.25) is 0 Å². The van der Waals surface area contributed by atoms with Crippen molar-refractivity contribution in [3.63, 3.8) is 0 Å². The Morgan fingerprint density at radius 3 is 2.63 bits per heavy atom. The first-order chi connectivity index (χ1) is 9.08. The lowest BCUT2D eigenvalue weighted by Crippen LogP contribution is -2.45. The summed E-state index contributed by atoms with van der Waals surface area (Å²) < 4.78 is 5.36. The number of hydrogen-bond acceptors (Lipinski definition) is 3. The van der Waals surface area contributed by atoms with Crippen LogP contribution in [-0.4, -0.2) is 38.8 Å². The van der Waals surface area contributed by atoms with Crippen molar-refractivity contribution in [3.05, 3.63) is 23.8 Å². The molecule has 5 heteroatoms. The van der Waals surface area contributed by atoms with Crippen LogP contribution in [0.15, 0.2) is 18.2 Å². The minimum atomic E-state index is 0.243. The fourth-order valence-electron chi connectivity index (χ4n) is 3.68. The van der Waals surface area contributed by atoms with Gasteiger partial charge in [0.15, 0.2) is 0 Å². The number of nitrogens with zero attached hydrogens (tertiary/aromatic N) is 2. The minimum Gasteiger partial charge on any atom is -0.497 e. The molecule has 3 nitrogen and oxygen atoms in total. The van der Waals surface area contributed by atoms with Crippen molar-refractivity contribution in [1.82, 2.24) is 4.90 Å². The SMILES string of the molecule is COc1ccc2c(c1)[C@]1(C)CCN(C)C1N2C.II. The van der Waals surface area contributed by atoms with Crippen LogP contribution in [0.1, 0.15) is 18.9 Å². The number of ether oxygens (including phenoxy) is 1. The van der Waals surface area contributed by atoms with Gasteiger partial charge in [-0.3, -0.25) is 4.90 Å².